The number of rotatable bonds is 6. The van der Waals surface area contributed by atoms with Crippen molar-refractivity contribution in [2.75, 3.05) is 19.5 Å². The summed E-state index contributed by atoms with van der Waals surface area (Å²) in [6.07, 6.45) is 7.62. The SMILES string of the molecule is COc1nc(Nc2ccc(-n3cnc(C)c3)c(OC)c2)nc(C2=CC=C(F)CC2)n1. The Kier molecular flexibility index (Phi) is 5.42. The van der Waals surface area contributed by atoms with Crippen LogP contribution in [0.1, 0.15) is 24.4 Å². The molecule has 0 amide bonds. The first kappa shape index (κ1) is 19.6. The van der Waals surface area contributed by atoms with Gasteiger partial charge in [-0.15, -0.1) is 0 Å². The summed E-state index contributed by atoms with van der Waals surface area (Å²) in [5.41, 5.74) is 3.33. The number of nitrogens with one attached hydrogen (secondary N) is 1. The average molecular weight is 408 g/mol. The number of benzene rings is 1. The third-order valence-corrected chi connectivity index (χ3v) is 4.61. The number of hydrogen-bond donors (Lipinski definition) is 1. The predicted octanol–water partition coefficient (Wildman–Crippen LogP) is 4.16. The van der Waals surface area contributed by atoms with Crippen molar-refractivity contribution < 1.29 is 13.9 Å². The van der Waals surface area contributed by atoms with Crippen molar-refractivity contribution in [3.05, 3.63) is 60.2 Å². The average Bonchev–Trinajstić information content (AvgIpc) is 3.20. The lowest BCUT2D eigenvalue weighted by atomic mass is 10.0. The van der Waals surface area contributed by atoms with E-state index in [-0.39, 0.29) is 11.8 Å². The van der Waals surface area contributed by atoms with Crippen molar-refractivity contribution in [1.82, 2.24) is 24.5 Å². The topological polar surface area (TPSA) is 87.0 Å². The Labute approximate surface area is 173 Å². The van der Waals surface area contributed by atoms with Crippen molar-refractivity contribution in [1.29, 1.82) is 0 Å². The summed E-state index contributed by atoms with van der Waals surface area (Å²) in [6, 6.07) is 5.83. The molecule has 0 radical (unpaired) electrons. The number of halogens is 1. The molecule has 4 rings (SSSR count). The molecule has 0 aliphatic heterocycles. The standard InChI is InChI=1S/C21H21FN6O2/c1-13-11-28(12-23-13)17-9-8-16(10-18(17)29-2)24-20-25-19(26-21(27-20)30-3)14-4-6-15(22)7-5-14/h4,6,8-12H,5,7H2,1-3H3,(H,24,25,26,27). The van der Waals surface area contributed by atoms with Gasteiger partial charge in [-0.3, -0.25) is 0 Å². The lowest BCUT2D eigenvalue weighted by molar-refractivity contribution is 0.378. The van der Waals surface area contributed by atoms with Crippen LogP contribution in [0.4, 0.5) is 16.0 Å². The highest BCUT2D eigenvalue weighted by Crippen LogP contribution is 2.30. The van der Waals surface area contributed by atoms with Gasteiger partial charge in [0.1, 0.15) is 11.6 Å². The lowest BCUT2D eigenvalue weighted by Gasteiger charge is -2.14. The zero-order chi connectivity index (χ0) is 21.1. The van der Waals surface area contributed by atoms with E-state index >= 15 is 0 Å². The van der Waals surface area contributed by atoms with Gasteiger partial charge in [-0.1, -0.05) is 6.08 Å². The summed E-state index contributed by atoms with van der Waals surface area (Å²) in [6.45, 7) is 1.93. The zero-order valence-electron chi connectivity index (χ0n) is 16.9. The molecule has 0 spiro atoms. The fourth-order valence-electron chi connectivity index (χ4n) is 3.10. The second-order valence-electron chi connectivity index (χ2n) is 6.71. The second-order valence-corrected chi connectivity index (χ2v) is 6.71. The molecule has 0 unspecified atom stereocenters. The van der Waals surface area contributed by atoms with E-state index in [2.05, 4.69) is 25.3 Å². The first-order chi connectivity index (χ1) is 14.6. The molecule has 30 heavy (non-hydrogen) atoms. The Morgan fingerprint density at radius 1 is 1.07 bits per heavy atom. The molecular weight excluding hydrogens is 387 g/mol. The first-order valence-corrected chi connectivity index (χ1v) is 9.37. The van der Waals surface area contributed by atoms with Crippen molar-refractivity contribution in [3.8, 4) is 17.4 Å². The maximum atomic E-state index is 13.3. The van der Waals surface area contributed by atoms with E-state index in [0.717, 1.165) is 22.6 Å². The highest BCUT2D eigenvalue weighted by Gasteiger charge is 2.15. The fourth-order valence-corrected chi connectivity index (χ4v) is 3.10. The molecule has 1 aliphatic rings. The number of nitrogens with zero attached hydrogens (tertiary/aromatic N) is 5. The molecule has 0 saturated heterocycles. The molecule has 8 nitrogen and oxygen atoms in total. The maximum Gasteiger partial charge on any atom is 0.321 e. The number of anilines is 2. The lowest BCUT2D eigenvalue weighted by Crippen LogP contribution is -2.06. The van der Waals surface area contributed by atoms with Crippen LogP contribution in [-0.2, 0) is 0 Å². The summed E-state index contributed by atoms with van der Waals surface area (Å²) >= 11 is 0. The molecule has 2 aromatic heterocycles. The normalized spacial score (nSPS) is 13.5. The minimum atomic E-state index is -0.154. The van der Waals surface area contributed by atoms with Crippen molar-refractivity contribution in [3.63, 3.8) is 0 Å². The van der Waals surface area contributed by atoms with E-state index < -0.39 is 0 Å². The number of methoxy groups -OCH3 is 2. The van der Waals surface area contributed by atoms with E-state index in [1.165, 1.54) is 13.2 Å². The number of ether oxygens (including phenoxy) is 2. The third kappa shape index (κ3) is 4.14. The highest BCUT2D eigenvalue weighted by molar-refractivity contribution is 5.66. The number of imidazole rings is 1. The van der Waals surface area contributed by atoms with Crippen LogP contribution in [0, 0.1) is 6.92 Å². The summed E-state index contributed by atoms with van der Waals surface area (Å²) < 4.78 is 26.0. The Morgan fingerprint density at radius 2 is 1.93 bits per heavy atom. The fraction of sp³-hybridized carbons (Fsp3) is 0.238. The van der Waals surface area contributed by atoms with Crippen LogP contribution in [0.5, 0.6) is 11.8 Å². The predicted molar refractivity (Wildman–Crippen MR) is 111 cm³/mol. The monoisotopic (exact) mass is 408 g/mol. The largest absolute Gasteiger partial charge is 0.494 e. The van der Waals surface area contributed by atoms with Crippen LogP contribution < -0.4 is 14.8 Å². The summed E-state index contributed by atoms with van der Waals surface area (Å²) in [5.74, 6) is 1.28. The Bertz CT molecular complexity index is 1140. The second kappa shape index (κ2) is 8.32. The van der Waals surface area contributed by atoms with E-state index in [4.69, 9.17) is 9.47 Å². The van der Waals surface area contributed by atoms with Gasteiger partial charge >= 0.3 is 6.01 Å². The Hall–Kier alpha value is -3.75. The van der Waals surface area contributed by atoms with Gasteiger partial charge in [-0.2, -0.15) is 15.0 Å². The maximum absolute atomic E-state index is 13.3. The summed E-state index contributed by atoms with van der Waals surface area (Å²) in [4.78, 5) is 17.3. The van der Waals surface area contributed by atoms with Crippen LogP contribution >= 0.6 is 0 Å². The van der Waals surface area contributed by atoms with E-state index in [9.17, 15) is 4.39 Å². The van der Waals surface area contributed by atoms with Gasteiger partial charge in [-0.05, 0) is 37.1 Å². The molecule has 0 saturated carbocycles. The zero-order valence-corrected chi connectivity index (χ0v) is 16.9. The molecule has 1 N–H and O–H groups in total. The molecule has 0 fully saturated rings. The first-order valence-electron chi connectivity index (χ1n) is 9.37. The van der Waals surface area contributed by atoms with Crippen LogP contribution in [0.15, 0.2) is 48.7 Å². The summed E-state index contributed by atoms with van der Waals surface area (Å²) in [7, 11) is 3.10. The Balaban J connectivity index is 1.64. The number of aryl methyl sites for hydroxylation is 1. The smallest absolute Gasteiger partial charge is 0.321 e. The minimum absolute atomic E-state index is 0.154. The molecule has 1 aromatic carbocycles. The van der Waals surface area contributed by atoms with Crippen LogP contribution in [0.2, 0.25) is 0 Å². The van der Waals surface area contributed by atoms with Gasteiger partial charge in [0.15, 0.2) is 5.82 Å². The number of hydrogen-bond acceptors (Lipinski definition) is 7. The molecule has 2 heterocycles. The Morgan fingerprint density at radius 3 is 2.60 bits per heavy atom. The van der Waals surface area contributed by atoms with Gasteiger partial charge in [0.25, 0.3) is 0 Å². The number of allylic oxidation sites excluding steroid dienone is 4. The van der Waals surface area contributed by atoms with Crippen molar-refractivity contribution in [2.45, 2.75) is 19.8 Å². The van der Waals surface area contributed by atoms with E-state index in [0.29, 0.717) is 30.4 Å². The molecule has 9 heteroatoms. The molecule has 154 valence electrons. The number of aromatic nitrogens is 5. The van der Waals surface area contributed by atoms with Gasteiger partial charge in [-0.25, -0.2) is 9.37 Å². The molecular formula is C21H21FN6O2. The third-order valence-electron chi connectivity index (χ3n) is 4.61. The molecule has 1 aliphatic carbocycles. The van der Waals surface area contributed by atoms with Crippen LogP contribution in [0.3, 0.4) is 0 Å². The van der Waals surface area contributed by atoms with E-state index in [1.54, 1.807) is 19.5 Å². The summed E-state index contributed by atoms with van der Waals surface area (Å²) in [5, 5.41) is 3.16. The van der Waals surface area contributed by atoms with Crippen molar-refractivity contribution in [2.24, 2.45) is 0 Å². The van der Waals surface area contributed by atoms with Crippen LogP contribution in [0.25, 0.3) is 11.3 Å². The molecule has 0 bridgehead atoms. The van der Waals surface area contributed by atoms with Gasteiger partial charge < -0.3 is 19.4 Å². The van der Waals surface area contributed by atoms with Gasteiger partial charge in [0.05, 0.1) is 31.9 Å². The highest BCUT2D eigenvalue weighted by atomic mass is 19.1. The van der Waals surface area contributed by atoms with E-state index in [1.807, 2.05) is 35.9 Å². The molecule has 3 aromatic rings. The van der Waals surface area contributed by atoms with Gasteiger partial charge in [0.2, 0.25) is 5.95 Å². The molecule has 0 atom stereocenters. The van der Waals surface area contributed by atoms with Gasteiger partial charge in [0, 0.05) is 24.4 Å². The minimum Gasteiger partial charge on any atom is -0.494 e. The van der Waals surface area contributed by atoms with Crippen molar-refractivity contribution >= 4 is 17.2 Å². The van der Waals surface area contributed by atoms with Crippen LogP contribution in [-0.4, -0.2) is 38.7 Å². The quantitative estimate of drug-likeness (QED) is 0.655.